The van der Waals surface area contributed by atoms with Gasteiger partial charge >= 0.3 is 0 Å². The molecular weight excluding hydrogens is 538 g/mol. The molecule has 5 heterocycles. The highest BCUT2D eigenvalue weighted by molar-refractivity contribution is 5.77. The summed E-state index contributed by atoms with van der Waals surface area (Å²) >= 11 is 0. The van der Waals surface area contributed by atoms with E-state index in [1.807, 2.05) is 0 Å². The molecule has 9 rings (SSSR count). The van der Waals surface area contributed by atoms with Gasteiger partial charge in [-0.2, -0.15) is 0 Å². The highest BCUT2D eigenvalue weighted by Gasteiger charge is 2.56. The third-order valence-electron chi connectivity index (χ3n) is 14.3. The molecule has 9 fully saturated rings. The van der Waals surface area contributed by atoms with Crippen LogP contribution in [0.4, 0.5) is 0 Å². The minimum absolute atomic E-state index is 0.0633. The molecule has 17 unspecified atom stereocenters. The summed E-state index contributed by atoms with van der Waals surface area (Å²) in [5, 5.41) is 33.2. The number of carbonyl (C=O) groups excluding carboxylic acids is 1. The Bertz CT molecular complexity index is 1040. The van der Waals surface area contributed by atoms with Gasteiger partial charge in [0, 0.05) is 11.8 Å². The maximum Gasteiger partial charge on any atom is 0.220 e. The number of nitrogens with two attached hydrogens (primary N) is 1. The molecule has 0 aromatic carbocycles. The average molecular weight is 596 g/mol. The normalized spacial score (nSPS) is 56.0. The Morgan fingerprint density at radius 3 is 0.977 bits per heavy atom. The molecule has 43 heavy (non-hydrogen) atoms. The van der Waals surface area contributed by atoms with Crippen LogP contribution in [0, 0.1) is 53.3 Å². The summed E-state index contributed by atoms with van der Waals surface area (Å²) in [5.74, 6) is 4.41. The zero-order chi connectivity index (χ0) is 28.7. The lowest BCUT2D eigenvalue weighted by Crippen LogP contribution is -2.62. The molecule has 9 aliphatic rings. The van der Waals surface area contributed by atoms with E-state index in [4.69, 9.17) is 5.73 Å². The first kappa shape index (κ1) is 28.4. The van der Waals surface area contributed by atoms with E-state index >= 15 is 0 Å². The average Bonchev–Trinajstić information content (AvgIpc) is 3.76. The van der Waals surface area contributed by atoms with Crippen molar-refractivity contribution in [3.8, 4) is 0 Å². The number of nitrogens with one attached hydrogen (secondary N) is 8. The first-order chi connectivity index (χ1) is 21.1. The molecule has 0 aromatic heterocycles. The van der Waals surface area contributed by atoms with Crippen LogP contribution >= 0.6 is 0 Å². The molecular formula is C33H57N9O. The summed E-state index contributed by atoms with van der Waals surface area (Å²) < 4.78 is 0. The molecule has 10 N–H and O–H groups in total. The van der Waals surface area contributed by atoms with Gasteiger partial charge in [-0.15, -0.1) is 0 Å². The van der Waals surface area contributed by atoms with Gasteiger partial charge in [-0.25, -0.2) is 0 Å². The Balaban J connectivity index is 1.07. The molecule has 17 atom stereocenters. The van der Waals surface area contributed by atoms with E-state index in [2.05, 4.69) is 42.5 Å². The maximum atomic E-state index is 12.9. The van der Waals surface area contributed by atoms with Crippen molar-refractivity contribution in [2.24, 2.45) is 59.0 Å². The molecule has 4 saturated carbocycles. The van der Waals surface area contributed by atoms with Crippen LogP contribution in [0.5, 0.6) is 0 Å². The minimum Gasteiger partial charge on any atom is -0.369 e. The van der Waals surface area contributed by atoms with E-state index < -0.39 is 0 Å². The van der Waals surface area contributed by atoms with Crippen LogP contribution < -0.4 is 48.3 Å². The lowest BCUT2D eigenvalue weighted by atomic mass is 9.71. The zero-order valence-electron chi connectivity index (χ0n) is 25.9. The van der Waals surface area contributed by atoms with Gasteiger partial charge < -0.3 is 5.73 Å². The third kappa shape index (κ3) is 4.84. The van der Waals surface area contributed by atoms with E-state index in [0.717, 1.165) is 19.3 Å². The molecule has 1 amide bonds. The Morgan fingerprint density at radius 1 is 0.372 bits per heavy atom. The second-order valence-electron chi connectivity index (χ2n) is 16.2. The van der Waals surface area contributed by atoms with Gasteiger partial charge in [0.15, 0.2) is 0 Å². The van der Waals surface area contributed by atoms with Gasteiger partial charge in [-0.1, -0.05) is 44.9 Å². The predicted octanol–water partition coefficient (Wildman–Crippen LogP) is 1.32. The van der Waals surface area contributed by atoms with E-state index in [1.54, 1.807) is 0 Å². The topological polar surface area (TPSA) is 139 Å². The van der Waals surface area contributed by atoms with Crippen molar-refractivity contribution in [2.45, 2.75) is 146 Å². The van der Waals surface area contributed by atoms with E-state index in [-0.39, 0.29) is 42.4 Å². The fourth-order valence-corrected chi connectivity index (χ4v) is 12.4. The third-order valence-corrected chi connectivity index (χ3v) is 14.3. The lowest BCUT2D eigenvalue weighted by molar-refractivity contribution is -0.125. The molecule has 4 aliphatic carbocycles. The number of hydrogen-bond donors (Lipinski definition) is 9. The number of hydrogen-bond acceptors (Lipinski definition) is 9. The molecule has 5 saturated heterocycles. The summed E-state index contributed by atoms with van der Waals surface area (Å²) in [4.78, 5) is 12.9. The smallest absolute Gasteiger partial charge is 0.220 e. The molecule has 0 spiro atoms. The van der Waals surface area contributed by atoms with E-state index in [1.165, 1.54) is 77.0 Å². The van der Waals surface area contributed by atoms with E-state index in [0.29, 0.717) is 66.1 Å². The second-order valence-corrected chi connectivity index (χ2v) is 16.2. The number of fused-ring (bicyclic) bond motifs is 20. The van der Waals surface area contributed by atoms with Gasteiger partial charge in [-0.3, -0.25) is 47.3 Å². The summed E-state index contributed by atoms with van der Waals surface area (Å²) in [5.41, 5.74) is 6.12. The van der Waals surface area contributed by atoms with Crippen LogP contribution in [0.1, 0.15) is 96.3 Å². The van der Waals surface area contributed by atoms with Gasteiger partial charge in [0.2, 0.25) is 5.91 Å². The number of carbonyl (C=O) groups is 1. The fraction of sp³-hybridized carbons (Fsp3) is 0.970. The highest BCUT2D eigenvalue weighted by Crippen LogP contribution is 2.46. The van der Waals surface area contributed by atoms with Gasteiger partial charge in [0.1, 0.15) is 0 Å². The summed E-state index contributed by atoms with van der Waals surface area (Å²) in [6.45, 7) is 0. The Kier molecular flexibility index (Phi) is 7.55. The molecule has 240 valence electrons. The monoisotopic (exact) mass is 595 g/mol. The number of rotatable bonds is 1. The van der Waals surface area contributed by atoms with Crippen molar-refractivity contribution in [2.75, 3.05) is 0 Å². The standard InChI is InChI=1S/C33H57N9O/c34-25(43)22-14-7-15-23-24(22)33-41-31-21-13-6-5-12-20(21)29(39-31)37-27-17-9-2-1-8-16(17)26(35-27)36-28-18-10-3-4-11-19(18)30(38-28)40-32(23)42-33/h16-24,26-33,35-42H,1-15H2,(H2,34,43). The first-order valence-electron chi connectivity index (χ1n) is 18.5. The maximum absolute atomic E-state index is 12.9. The summed E-state index contributed by atoms with van der Waals surface area (Å²) in [7, 11) is 0. The van der Waals surface area contributed by atoms with Crippen LogP contribution in [-0.2, 0) is 4.79 Å². The SMILES string of the molecule is NC(=O)C1CCCC2C3NC4NC(NC5NC(NC6NC(NC(N3)C12)C1CCCCC61)C1CCCCC51)C1CCCCC41. The minimum atomic E-state index is -0.107. The van der Waals surface area contributed by atoms with Crippen LogP contribution in [0.25, 0.3) is 0 Å². The van der Waals surface area contributed by atoms with Crippen molar-refractivity contribution in [3.63, 3.8) is 0 Å². The van der Waals surface area contributed by atoms with Crippen LogP contribution in [-0.4, -0.2) is 55.2 Å². The molecule has 8 bridgehead atoms. The Hall–Kier alpha value is -0.850. The van der Waals surface area contributed by atoms with Crippen LogP contribution in [0.2, 0.25) is 0 Å². The highest BCUT2D eigenvalue weighted by atomic mass is 16.1. The van der Waals surface area contributed by atoms with Crippen molar-refractivity contribution in [1.82, 2.24) is 42.5 Å². The number of amides is 1. The van der Waals surface area contributed by atoms with Gasteiger partial charge in [0.25, 0.3) is 0 Å². The first-order valence-corrected chi connectivity index (χ1v) is 18.5. The van der Waals surface area contributed by atoms with Crippen molar-refractivity contribution >= 4 is 5.91 Å². The summed E-state index contributed by atoms with van der Waals surface area (Å²) in [6.07, 6.45) is 21.2. The zero-order valence-corrected chi connectivity index (χ0v) is 25.9. The largest absolute Gasteiger partial charge is 0.369 e. The molecule has 10 heteroatoms. The van der Waals surface area contributed by atoms with Crippen molar-refractivity contribution < 1.29 is 4.79 Å². The predicted molar refractivity (Wildman–Crippen MR) is 165 cm³/mol. The van der Waals surface area contributed by atoms with E-state index in [9.17, 15) is 4.79 Å². The summed E-state index contributed by atoms with van der Waals surface area (Å²) in [6, 6.07) is 0. The fourth-order valence-electron chi connectivity index (χ4n) is 12.4. The Labute approximate surface area is 257 Å². The quantitative estimate of drug-likeness (QED) is 0.220. The van der Waals surface area contributed by atoms with Crippen LogP contribution in [0.3, 0.4) is 0 Å². The molecule has 10 nitrogen and oxygen atoms in total. The second kappa shape index (κ2) is 11.4. The van der Waals surface area contributed by atoms with Gasteiger partial charge in [-0.05, 0) is 92.8 Å². The molecule has 0 radical (unpaired) electrons. The van der Waals surface area contributed by atoms with Crippen LogP contribution in [0.15, 0.2) is 0 Å². The van der Waals surface area contributed by atoms with Gasteiger partial charge in [0.05, 0.1) is 49.3 Å². The molecule has 0 aromatic rings. The van der Waals surface area contributed by atoms with Crippen molar-refractivity contribution in [3.05, 3.63) is 0 Å². The Morgan fingerprint density at radius 2 is 0.651 bits per heavy atom. The van der Waals surface area contributed by atoms with Crippen molar-refractivity contribution in [1.29, 1.82) is 0 Å². The number of primary amides is 1. The lowest BCUT2D eigenvalue weighted by Gasteiger charge is -2.38. The molecule has 5 aliphatic heterocycles.